The number of hydrogen-bond donors (Lipinski definition) is 1. The van der Waals surface area contributed by atoms with Gasteiger partial charge < -0.3 is 19.8 Å². The van der Waals surface area contributed by atoms with Crippen molar-refractivity contribution >= 4 is 0 Å². The summed E-state index contributed by atoms with van der Waals surface area (Å²) in [7, 11) is 0. The Labute approximate surface area is 114 Å². The third-order valence-electron chi connectivity index (χ3n) is 4.45. The Balaban J connectivity index is 1.76. The Morgan fingerprint density at radius 1 is 1.42 bits per heavy atom. The summed E-state index contributed by atoms with van der Waals surface area (Å²) in [6.07, 6.45) is 7.40. The maximum Gasteiger partial charge on any atom is 0.0952 e. The van der Waals surface area contributed by atoms with Crippen LogP contribution < -0.4 is 5.73 Å². The van der Waals surface area contributed by atoms with E-state index in [4.69, 9.17) is 15.2 Å². The Morgan fingerprint density at radius 2 is 2.32 bits per heavy atom. The zero-order chi connectivity index (χ0) is 13.2. The van der Waals surface area contributed by atoms with Gasteiger partial charge in [-0.15, -0.1) is 0 Å². The van der Waals surface area contributed by atoms with E-state index in [0.717, 1.165) is 44.8 Å². The topological polar surface area (TPSA) is 62.3 Å². The largest absolute Gasteiger partial charge is 0.381 e. The summed E-state index contributed by atoms with van der Waals surface area (Å²) in [6.45, 7) is 4.66. The average molecular weight is 265 g/mol. The second-order valence-electron chi connectivity index (χ2n) is 5.67. The van der Waals surface area contributed by atoms with Gasteiger partial charge in [0, 0.05) is 25.3 Å². The molecule has 0 saturated carbocycles. The molecule has 1 aromatic heterocycles. The van der Waals surface area contributed by atoms with Gasteiger partial charge in [-0.2, -0.15) is 0 Å². The minimum atomic E-state index is 0.00820. The predicted molar refractivity (Wildman–Crippen MR) is 71.8 cm³/mol. The molecule has 106 valence electrons. The van der Waals surface area contributed by atoms with Gasteiger partial charge in [0.05, 0.1) is 36.8 Å². The quantitative estimate of drug-likeness (QED) is 0.899. The minimum absolute atomic E-state index is 0.00820. The Kier molecular flexibility index (Phi) is 3.86. The molecule has 2 aliphatic heterocycles. The van der Waals surface area contributed by atoms with Crippen molar-refractivity contribution < 1.29 is 9.47 Å². The van der Waals surface area contributed by atoms with Gasteiger partial charge in [0.25, 0.3) is 0 Å². The molecule has 0 amide bonds. The molecule has 2 aliphatic rings. The molecular weight excluding hydrogens is 242 g/mol. The molecule has 19 heavy (non-hydrogen) atoms. The minimum Gasteiger partial charge on any atom is -0.381 e. The van der Waals surface area contributed by atoms with E-state index >= 15 is 0 Å². The lowest BCUT2D eigenvalue weighted by Crippen LogP contribution is -2.28. The van der Waals surface area contributed by atoms with Crippen LogP contribution in [-0.2, 0) is 9.47 Å². The van der Waals surface area contributed by atoms with Crippen LogP contribution in [0, 0.1) is 5.92 Å². The zero-order valence-corrected chi connectivity index (χ0v) is 11.5. The first-order valence-corrected chi connectivity index (χ1v) is 7.24. The number of nitrogens with zero attached hydrogens (tertiary/aromatic N) is 2. The number of rotatable bonds is 4. The van der Waals surface area contributed by atoms with E-state index in [0.29, 0.717) is 18.1 Å². The van der Waals surface area contributed by atoms with Crippen molar-refractivity contribution in [1.82, 2.24) is 9.55 Å². The molecule has 2 fully saturated rings. The molecule has 2 saturated heterocycles. The molecule has 4 atom stereocenters. The first-order valence-electron chi connectivity index (χ1n) is 7.24. The van der Waals surface area contributed by atoms with Crippen LogP contribution in [-0.4, -0.2) is 35.5 Å². The van der Waals surface area contributed by atoms with Crippen molar-refractivity contribution in [3.8, 4) is 0 Å². The molecule has 5 nitrogen and oxygen atoms in total. The molecule has 0 aromatic carbocycles. The summed E-state index contributed by atoms with van der Waals surface area (Å²) in [5.74, 6) is 0.409. The first-order chi connectivity index (χ1) is 9.27. The van der Waals surface area contributed by atoms with Crippen LogP contribution in [0.25, 0.3) is 0 Å². The van der Waals surface area contributed by atoms with E-state index in [1.807, 2.05) is 12.5 Å². The molecule has 2 N–H and O–H groups in total. The molecule has 0 aliphatic carbocycles. The lowest BCUT2D eigenvalue weighted by Gasteiger charge is -2.26. The first kappa shape index (κ1) is 13.1. The van der Waals surface area contributed by atoms with E-state index in [1.54, 1.807) is 0 Å². The molecule has 4 unspecified atom stereocenters. The monoisotopic (exact) mass is 265 g/mol. The van der Waals surface area contributed by atoms with Crippen molar-refractivity contribution in [2.24, 2.45) is 11.7 Å². The molecule has 3 rings (SSSR count). The maximum absolute atomic E-state index is 6.40. The van der Waals surface area contributed by atoms with Crippen LogP contribution in [0.3, 0.4) is 0 Å². The van der Waals surface area contributed by atoms with E-state index in [2.05, 4.69) is 16.5 Å². The summed E-state index contributed by atoms with van der Waals surface area (Å²) < 4.78 is 13.4. The van der Waals surface area contributed by atoms with E-state index in [1.165, 1.54) is 0 Å². The van der Waals surface area contributed by atoms with Gasteiger partial charge in [-0.25, -0.2) is 4.98 Å². The second kappa shape index (κ2) is 5.61. The van der Waals surface area contributed by atoms with Gasteiger partial charge >= 0.3 is 0 Å². The maximum atomic E-state index is 6.40. The molecule has 5 heteroatoms. The summed E-state index contributed by atoms with van der Waals surface area (Å²) >= 11 is 0. The highest BCUT2D eigenvalue weighted by Gasteiger charge is 2.30. The lowest BCUT2D eigenvalue weighted by atomic mass is 9.97. The smallest absolute Gasteiger partial charge is 0.0952 e. The van der Waals surface area contributed by atoms with Gasteiger partial charge in [-0.05, 0) is 26.2 Å². The fourth-order valence-electron chi connectivity index (χ4n) is 3.15. The zero-order valence-electron chi connectivity index (χ0n) is 11.5. The highest BCUT2D eigenvalue weighted by Crippen LogP contribution is 2.31. The normalized spacial score (nSPS) is 30.6. The van der Waals surface area contributed by atoms with Crippen LogP contribution >= 0.6 is 0 Å². The van der Waals surface area contributed by atoms with Crippen LogP contribution in [0.2, 0.25) is 0 Å². The van der Waals surface area contributed by atoms with Gasteiger partial charge in [-0.1, -0.05) is 0 Å². The van der Waals surface area contributed by atoms with Gasteiger partial charge in [0.15, 0.2) is 0 Å². The Bertz CT molecular complexity index is 372. The summed E-state index contributed by atoms with van der Waals surface area (Å²) in [5, 5.41) is 0. The second-order valence-corrected chi connectivity index (χ2v) is 5.67. The Morgan fingerprint density at radius 3 is 3.00 bits per heavy atom. The molecule has 1 aromatic rings. The summed E-state index contributed by atoms with van der Waals surface area (Å²) in [5.41, 5.74) is 7.51. The molecule has 3 heterocycles. The summed E-state index contributed by atoms with van der Waals surface area (Å²) in [4.78, 5) is 4.29. The molecule has 0 bridgehead atoms. The SMILES string of the molecule is CC(C1CCCO1)n1cncc1C(N)C1CCOC1. The van der Waals surface area contributed by atoms with Crippen LogP contribution in [0.1, 0.15) is 44.0 Å². The standard InChI is InChI=1S/C14H23N3O2/c1-10(13-3-2-5-19-13)17-9-16-7-12(17)14(15)11-4-6-18-8-11/h7,9-11,13-14H,2-6,8,15H2,1H3. The van der Waals surface area contributed by atoms with E-state index < -0.39 is 0 Å². The highest BCUT2D eigenvalue weighted by atomic mass is 16.5. The van der Waals surface area contributed by atoms with Crippen LogP contribution in [0.15, 0.2) is 12.5 Å². The van der Waals surface area contributed by atoms with Crippen molar-refractivity contribution in [1.29, 1.82) is 0 Å². The number of ether oxygens (including phenoxy) is 2. The van der Waals surface area contributed by atoms with Crippen molar-refractivity contribution in [2.45, 2.75) is 44.4 Å². The highest BCUT2D eigenvalue weighted by molar-refractivity contribution is 5.09. The van der Waals surface area contributed by atoms with Crippen molar-refractivity contribution in [3.63, 3.8) is 0 Å². The van der Waals surface area contributed by atoms with E-state index in [9.17, 15) is 0 Å². The summed E-state index contributed by atoms with van der Waals surface area (Å²) in [6, 6.07) is 0.308. The third kappa shape index (κ3) is 2.55. The fourth-order valence-corrected chi connectivity index (χ4v) is 3.15. The van der Waals surface area contributed by atoms with Gasteiger partial charge in [-0.3, -0.25) is 0 Å². The molecular formula is C14H23N3O2. The Hall–Kier alpha value is -0.910. The number of hydrogen-bond acceptors (Lipinski definition) is 4. The van der Waals surface area contributed by atoms with Crippen molar-refractivity contribution in [2.75, 3.05) is 19.8 Å². The van der Waals surface area contributed by atoms with E-state index in [-0.39, 0.29) is 6.04 Å². The average Bonchev–Trinajstić information content (AvgIpc) is 3.16. The number of nitrogens with two attached hydrogens (primary N) is 1. The third-order valence-corrected chi connectivity index (χ3v) is 4.45. The molecule has 0 spiro atoms. The lowest BCUT2D eigenvalue weighted by molar-refractivity contribution is 0.0716. The predicted octanol–water partition coefficient (Wildman–Crippen LogP) is 1.66. The van der Waals surface area contributed by atoms with Crippen molar-refractivity contribution in [3.05, 3.63) is 18.2 Å². The number of imidazole rings is 1. The fraction of sp³-hybridized carbons (Fsp3) is 0.786. The van der Waals surface area contributed by atoms with Crippen LogP contribution in [0.5, 0.6) is 0 Å². The van der Waals surface area contributed by atoms with Crippen LogP contribution in [0.4, 0.5) is 0 Å². The number of aromatic nitrogens is 2. The molecule has 0 radical (unpaired) electrons. The van der Waals surface area contributed by atoms with Gasteiger partial charge in [0.2, 0.25) is 0 Å². The van der Waals surface area contributed by atoms with Gasteiger partial charge in [0.1, 0.15) is 0 Å².